The van der Waals surface area contributed by atoms with Crippen molar-refractivity contribution < 1.29 is 9.59 Å². The van der Waals surface area contributed by atoms with Gasteiger partial charge in [-0.25, -0.2) is 0 Å². The molecular weight excluding hydrogens is 408 g/mol. The van der Waals surface area contributed by atoms with Crippen molar-refractivity contribution in [3.05, 3.63) is 88.0 Å². The van der Waals surface area contributed by atoms with Crippen LogP contribution in [0.3, 0.4) is 0 Å². The minimum absolute atomic E-state index is 0.0407. The Morgan fingerprint density at radius 1 is 1.16 bits per heavy atom. The maximum atomic E-state index is 13.1. The first-order chi connectivity index (χ1) is 15.2. The summed E-state index contributed by atoms with van der Waals surface area (Å²) in [6.45, 7) is 1.33. The van der Waals surface area contributed by atoms with E-state index in [2.05, 4.69) is 21.4 Å². The molecule has 0 saturated carbocycles. The fourth-order valence-electron chi connectivity index (χ4n) is 4.18. The van der Waals surface area contributed by atoms with Gasteiger partial charge in [0.15, 0.2) is 0 Å². The number of aromatic amines is 1. The average molecular weight is 431 g/mol. The fourth-order valence-corrected chi connectivity index (χ4v) is 4.87. The van der Waals surface area contributed by atoms with Gasteiger partial charge in [0, 0.05) is 42.9 Å². The number of carbonyl (C=O) groups is 2. The summed E-state index contributed by atoms with van der Waals surface area (Å²) in [5.74, 6) is -0.610. The third-order valence-corrected chi connectivity index (χ3v) is 6.58. The van der Waals surface area contributed by atoms with Crippen molar-refractivity contribution in [3.63, 3.8) is 0 Å². The Morgan fingerprint density at radius 2 is 2.06 bits per heavy atom. The molecule has 0 spiro atoms. The predicted octanol–water partition coefficient (Wildman–Crippen LogP) is 3.72. The van der Waals surface area contributed by atoms with Gasteiger partial charge in [0.2, 0.25) is 5.91 Å². The predicted molar refractivity (Wildman–Crippen MR) is 121 cm³/mol. The van der Waals surface area contributed by atoms with Gasteiger partial charge in [-0.2, -0.15) is 0 Å². The molecule has 1 aliphatic rings. The molecule has 156 valence electrons. The van der Waals surface area contributed by atoms with Gasteiger partial charge < -0.3 is 15.2 Å². The summed E-state index contributed by atoms with van der Waals surface area (Å²) in [5, 5.41) is 6.13. The number of benzene rings is 1. The van der Waals surface area contributed by atoms with Crippen LogP contribution in [0, 0.1) is 0 Å². The number of thiophene rings is 1. The molecule has 0 fully saturated rings. The largest absolute Gasteiger partial charge is 0.361 e. The van der Waals surface area contributed by atoms with Crippen molar-refractivity contribution >= 4 is 34.1 Å². The molecule has 6 nitrogen and oxygen atoms in total. The monoisotopic (exact) mass is 430 g/mol. The molecular formula is C24H22N4O2S. The zero-order valence-electron chi connectivity index (χ0n) is 16.9. The molecule has 1 aromatic carbocycles. The molecule has 7 heteroatoms. The molecule has 5 rings (SSSR count). The van der Waals surface area contributed by atoms with Crippen LogP contribution < -0.4 is 5.32 Å². The van der Waals surface area contributed by atoms with Gasteiger partial charge in [0.1, 0.15) is 0 Å². The van der Waals surface area contributed by atoms with Crippen molar-refractivity contribution in [2.75, 3.05) is 13.1 Å². The van der Waals surface area contributed by atoms with E-state index in [0.717, 1.165) is 23.2 Å². The van der Waals surface area contributed by atoms with E-state index >= 15 is 0 Å². The molecule has 4 aromatic rings. The molecule has 0 radical (unpaired) electrons. The van der Waals surface area contributed by atoms with Gasteiger partial charge in [-0.3, -0.25) is 14.6 Å². The van der Waals surface area contributed by atoms with Gasteiger partial charge in [-0.15, -0.1) is 11.3 Å². The molecule has 3 aromatic heterocycles. The number of pyridine rings is 1. The number of H-pyrrole nitrogens is 1. The third-order valence-electron chi connectivity index (χ3n) is 5.72. The average Bonchev–Trinajstić information content (AvgIpc) is 3.48. The summed E-state index contributed by atoms with van der Waals surface area (Å²) in [6, 6.07) is 15.6. The lowest BCUT2D eigenvalue weighted by Gasteiger charge is -2.33. The molecule has 2 N–H and O–H groups in total. The van der Waals surface area contributed by atoms with Crippen LogP contribution in [0.2, 0.25) is 0 Å². The van der Waals surface area contributed by atoms with E-state index in [4.69, 9.17) is 0 Å². The molecule has 1 unspecified atom stereocenters. The zero-order chi connectivity index (χ0) is 21.2. The van der Waals surface area contributed by atoms with Crippen LogP contribution in [0.15, 0.2) is 66.3 Å². The second-order valence-electron chi connectivity index (χ2n) is 7.66. The van der Waals surface area contributed by atoms with E-state index in [1.807, 2.05) is 54.0 Å². The Hall–Kier alpha value is -3.45. The summed E-state index contributed by atoms with van der Waals surface area (Å²) in [6.07, 6.45) is 4.44. The van der Waals surface area contributed by atoms with Gasteiger partial charge in [-0.05, 0) is 41.1 Å². The smallest absolute Gasteiger partial charge is 0.264 e. The van der Waals surface area contributed by atoms with Crippen molar-refractivity contribution in [2.45, 2.75) is 18.9 Å². The van der Waals surface area contributed by atoms with Crippen molar-refractivity contribution in [3.8, 4) is 0 Å². The number of rotatable bonds is 5. The van der Waals surface area contributed by atoms with Crippen LogP contribution in [0.4, 0.5) is 0 Å². The Bertz CT molecular complexity index is 1230. The molecule has 1 aliphatic heterocycles. The van der Waals surface area contributed by atoms with Crippen LogP contribution in [-0.4, -0.2) is 39.8 Å². The maximum absolute atomic E-state index is 13.1. The Balaban J connectivity index is 1.30. The van der Waals surface area contributed by atoms with E-state index in [0.29, 0.717) is 24.5 Å². The first-order valence-electron chi connectivity index (χ1n) is 10.3. The lowest BCUT2D eigenvalue weighted by molar-refractivity contribution is -0.123. The lowest BCUT2D eigenvalue weighted by Crippen LogP contribution is -2.44. The van der Waals surface area contributed by atoms with E-state index in [9.17, 15) is 9.59 Å². The normalized spacial score (nSPS) is 15.6. The van der Waals surface area contributed by atoms with Crippen molar-refractivity contribution in [1.82, 2.24) is 20.2 Å². The second kappa shape index (κ2) is 8.35. The van der Waals surface area contributed by atoms with Crippen molar-refractivity contribution in [1.29, 1.82) is 0 Å². The van der Waals surface area contributed by atoms with Crippen LogP contribution in [0.25, 0.3) is 10.9 Å². The highest BCUT2D eigenvalue weighted by Gasteiger charge is 2.34. The van der Waals surface area contributed by atoms with Gasteiger partial charge in [0.05, 0.1) is 16.5 Å². The number of hydrogen-bond donors (Lipinski definition) is 2. The zero-order valence-corrected chi connectivity index (χ0v) is 17.7. The number of nitrogens with zero attached hydrogens (tertiary/aromatic N) is 2. The number of para-hydroxylation sites is 1. The topological polar surface area (TPSA) is 78.1 Å². The van der Waals surface area contributed by atoms with E-state index in [1.165, 1.54) is 22.3 Å². The second-order valence-corrected chi connectivity index (χ2v) is 8.61. The number of hydrogen-bond acceptors (Lipinski definition) is 4. The molecule has 31 heavy (non-hydrogen) atoms. The van der Waals surface area contributed by atoms with E-state index in [-0.39, 0.29) is 11.8 Å². The quantitative estimate of drug-likeness (QED) is 0.507. The van der Waals surface area contributed by atoms with Crippen LogP contribution in [-0.2, 0) is 17.8 Å². The lowest BCUT2D eigenvalue weighted by atomic mass is 9.93. The highest BCUT2D eigenvalue weighted by Crippen LogP contribution is 2.28. The Morgan fingerprint density at radius 3 is 2.94 bits per heavy atom. The molecule has 0 saturated heterocycles. The van der Waals surface area contributed by atoms with Gasteiger partial charge in [0.25, 0.3) is 5.91 Å². The summed E-state index contributed by atoms with van der Waals surface area (Å²) < 4.78 is 0. The van der Waals surface area contributed by atoms with Gasteiger partial charge >= 0.3 is 0 Å². The molecule has 2 amide bonds. The standard InChI is InChI=1S/C24H22N4O2S/c29-23(26-11-9-16-13-27-20-7-2-1-6-18(16)20)19-15-28(24(30)21-8-4-12-31-21)14-17-5-3-10-25-22(17)19/h1-8,10,12-13,19,27H,9,11,14-15H2,(H,26,29). The first kappa shape index (κ1) is 19.5. The fraction of sp³-hybridized carbons (Fsp3) is 0.208. The Labute approximate surface area is 183 Å². The first-order valence-corrected chi connectivity index (χ1v) is 11.2. The third kappa shape index (κ3) is 3.84. The van der Waals surface area contributed by atoms with E-state index < -0.39 is 5.92 Å². The minimum Gasteiger partial charge on any atom is -0.361 e. The number of amides is 2. The van der Waals surface area contributed by atoms with Crippen LogP contribution >= 0.6 is 11.3 Å². The highest BCUT2D eigenvalue weighted by atomic mass is 32.1. The highest BCUT2D eigenvalue weighted by molar-refractivity contribution is 7.12. The van der Waals surface area contributed by atoms with Crippen LogP contribution in [0.5, 0.6) is 0 Å². The van der Waals surface area contributed by atoms with Crippen molar-refractivity contribution in [2.24, 2.45) is 0 Å². The molecule has 1 atom stereocenters. The molecule has 4 heterocycles. The maximum Gasteiger partial charge on any atom is 0.264 e. The number of carbonyl (C=O) groups excluding carboxylic acids is 2. The summed E-state index contributed by atoms with van der Waals surface area (Å²) in [4.78, 5) is 36.2. The number of fused-ring (bicyclic) bond motifs is 2. The molecule has 0 aliphatic carbocycles. The summed E-state index contributed by atoms with van der Waals surface area (Å²) in [5.41, 5.74) is 3.96. The Kier molecular flexibility index (Phi) is 5.26. The minimum atomic E-state index is -0.475. The summed E-state index contributed by atoms with van der Waals surface area (Å²) in [7, 11) is 0. The SMILES string of the molecule is O=C(NCCc1c[nH]c2ccccc12)C1CN(C(=O)c2cccs2)Cc2cccnc21. The number of aromatic nitrogens is 2. The molecule has 0 bridgehead atoms. The number of nitrogens with one attached hydrogen (secondary N) is 2. The van der Waals surface area contributed by atoms with Gasteiger partial charge in [-0.1, -0.05) is 30.3 Å². The van der Waals surface area contributed by atoms with E-state index in [1.54, 1.807) is 11.1 Å². The van der Waals surface area contributed by atoms with Crippen LogP contribution in [0.1, 0.15) is 32.4 Å². The summed E-state index contributed by atoms with van der Waals surface area (Å²) >= 11 is 1.42.